The molecule has 0 aliphatic rings. The maximum atomic E-state index is 10.3. The van der Waals surface area contributed by atoms with E-state index in [4.69, 9.17) is 10.8 Å². The molecule has 0 amide bonds. The van der Waals surface area contributed by atoms with Gasteiger partial charge in [0, 0.05) is 35.2 Å². The Balaban J connectivity index is 0.000001000. The van der Waals surface area contributed by atoms with Crippen molar-refractivity contribution in [1.82, 2.24) is 0 Å². The van der Waals surface area contributed by atoms with Crippen LogP contribution in [0, 0.1) is 0 Å². The summed E-state index contributed by atoms with van der Waals surface area (Å²) in [7, 11) is 0. The zero-order chi connectivity index (χ0) is 7.56. The van der Waals surface area contributed by atoms with E-state index in [-0.39, 0.29) is 35.1 Å². The molecule has 0 saturated carbocycles. The summed E-state index contributed by atoms with van der Waals surface area (Å²) in [6.07, 6.45) is 0. The number of rotatable bonds is 1. The van der Waals surface area contributed by atoms with Crippen LogP contribution >= 0.6 is 0 Å². The summed E-state index contributed by atoms with van der Waals surface area (Å²) in [4.78, 5) is 10.3. The predicted octanol–water partition coefficient (Wildman–Crippen LogP) is 0.586. The van der Waals surface area contributed by atoms with Crippen LogP contribution in [-0.2, 0) is 0 Å². The van der Waals surface area contributed by atoms with Crippen molar-refractivity contribution in [3.05, 3.63) is 29.8 Å². The monoisotopic (exact) mass is 160 g/mol. The first-order chi connectivity index (χ1) is 4.70. The van der Waals surface area contributed by atoms with E-state index in [1.165, 1.54) is 12.1 Å². The van der Waals surface area contributed by atoms with Crippen molar-refractivity contribution in [2.24, 2.45) is 0 Å². The van der Waals surface area contributed by atoms with E-state index in [2.05, 4.69) is 0 Å². The van der Waals surface area contributed by atoms with Crippen LogP contribution in [0.2, 0.25) is 0 Å². The quantitative estimate of drug-likeness (QED) is 0.466. The average molecular weight is 160 g/mol. The minimum atomic E-state index is -0.931. The fourth-order valence-electron chi connectivity index (χ4n) is 0.626. The third-order valence-corrected chi connectivity index (χ3v) is 1.16. The predicted molar refractivity (Wildman–Crippen MR) is 43.6 cm³/mol. The van der Waals surface area contributed by atoms with Crippen LogP contribution < -0.4 is 5.73 Å². The Kier molecular flexibility index (Phi) is 4.18. The summed E-state index contributed by atoms with van der Waals surface area (Å²) in [6, 6.07) is 6.06. The van der Waals surface area contributed by atoms with Crippen LogP contribution in [-0.4, -0.2) is 40.6 Å². The first-order valence-corrected chi connectivity index (χ1v) is 2.79. The number of carboxylic acid groups (broad SMARTS) is 1. The van der Waals surface area contributed by atoms with Crippen LogP contribution in [0.4, 0.5) is 5.69 Å². The van der Waals surface area contributed by atoms with E-state index >= 15 is 0 Å². The second-order valence-electron chi connectivity index (χ2n) is 1.93. The average Bonchev–Trinajstić information content (AvgIpc) is 1.88. The van der Waals surface area contributed by atoms with Gasteiger partial charge in [0.15, 0.2) is 0 Å². The fourth-order valence-corrected chi connectivity index (χ4v) is 0.626. The Labute approximate surface area is 86.5 Å². The van der Waals surface area contributed by atoms with Gasteiger partial charge < -0.3 is 10.8 Å². The second kappa shape index (κ2) is 4.38. The number of carbonyl (C=O) groups is 1. The van der Waals surface area contributed by atoms with Crippen LogP contribution in [0.3, 0.4) is 0 Å². The maximum Gasteiger partial charge on any atom is 0.335 e. The molecule has 0 spiro atoms. The molecular weight excluding hydrogens is 153 g/mol. The van der Waals surface area contributed by atoms with Gasteiger partial charge in [0.2, 0.25) is 0 Å². The minimum Gasteiger partial charge on any atom is -0.478 e. The number of hydrogen-bond acceptors (Lipinski definition) is 2. The number of carboxylic acids is 1. The summed E-state index contributed by atoms with van der Waals surface area (Å²) in [5.41, 5.74) is 6.17. The molecule has 11 heavy (non-hydrogen) atoms. The molecule has 0 bridgehead atoms. The van der Waals surface area contributed by atoms with Gasteiger partial charge in [-0.15, -0.1) is 0 Å². The number of hydrogen-bond donors (Lipinski definition) is 2. The second-order valence-corrected chi connectivity index (χ2v) is 1.93. The third kappa shape index (κ3) is 2.93. The van der Waals surface area contributed by atoms with Crippen molar-refractivity contribution in [2.45, 2.75) is 0 Å². The normalized spacial score (nSPS) is 8.36. The van der Waals surface area contributed by atoms with Gasteiger partial charge in [0.25, 0.3) is 0 Å². The molecule has 0 heterocycles. The van der Waals surface area contributed by atoms with Crippen molar-refractivity contribution in [2.75, 3.05) is 5.73 Å². The molecule has 1 radical (unpaired) electrons. The molecule has 0 aliphatic carbocycles. The van der Waals surface area contributed by atoms with E-state index < -0.39 is 5.97 Å². The van der Waals surface area contributed by atoms with Crippen molar-refractivity contribution < 1.29 is 9.90 Å². The fraction of sp³-hybridized carbons (Fsp3) is 0. The topological polar surface area (TPSA) is 63.3 Å². The zero-order valence-electron chi connectivity index (χ0n) is 6.24. The van der Waals surface area contributed by atoms with E-state index in [1.54, 1.807) is 12.1 Å². The number of nitrogen functional groups attached to an aromatic ring is 1. The summed E-state index contributed by atoms with van der Waals surface area (Å²) in [6.45, 7) is 0. The Morgan fingerprint density at radius 3 is 2.09 bits per heavy atom. The number of anilines is 1. The van der Waals surface area contributed by atoms with Gasteiger partial charge in [0.05, 0.1) is 5.56 Å². The summed E-state index contributed by atoms with van der Waals surface area (Å²) in [5, 5.41) is 8.43. The van der Waals surface area contributed by atoms with Gasteiger partial charge in [-0.05, 0) is 24.3 Å². The van der Waals surface area contributed by atoms with Crippen LogP contribution in [0.5, 0.6) is 0 Å². The van der Waals surface area contributed by atoms with Crippen LogP contribution in [0.1, 0.15) is 10.4 Å². The Bertz CT molecular complexity index is 245. The third-order valence-electron chi connectivity index (χ3n) is 1.16. The number of aromatic carboxylic acids is 1. The summed E-state index contributed by atoms with van der Waals surface area (Å²) >= 11 is 0. The molecule has 1 rings (SSSR count). The zero-order valence-corrected chi connectivity index (χ0v) is 8.24. The molecule has 0 saturated heterocycles. The number of nitrogens with two attached hydrogens (primary N) is 1. The van der Waals surface area contributed by atoms with Crippen molar-refractivity contribution >= 4 is 41.2 Å². The molecule has 0 fully saturated rings. The first-order valence-electron chi connectivity index (χ1n) is 2.79. The van der Waals surface area contributed by atoms with E-state index in [0.29, 0.717) is 5.69 Å². The molecule has 53 valence electrons. The summed E-state index contributed by atoms with van der Waals surface area (Å²) < 4.78 is 0. The largest absolute Gasteiger partial charge is 0.478 e. The van der Waals surface area contributed by atoms with Gasteiger partial charge in [-0.25, -0.2) is 4.79 Å². The standard InChI is InChI=1S/C7H7NO2.Na/c8-6-3-1-5(2-4-6)7(9)10;/h1-4H,8H2,(H,9,10);. The molecular formula is C7H7NNaO2. The van der Waals surface area contributed by atoms with Gasteiger partial charge in [-0.1, -0.05) is 0 Å². The minimum absolute atomic E-state index is 0. The smallest absolute Gasteiger partial charge is 0.335 e. The Morgan fingerprint density at radius 1 is 1.27 bits per heavy atom. The van der Waals surface area contributed by atoms with Gasteiger partial charge in [-0.2, -0.15) is 0 Å². The van der Waals surface area contributed by atoms with Gasteiger partial charge >= 0.3 is 5.97 Å². The molecule has 3 nitrogen and oxygen atoms in total. The SMILES string of the molecule is Nc1ccc(C(=O)O)cc1.[Na]. The van der Waals surface area contributed by atoms with Crippen LogP contribution in [0.15, 0.2) is 24.3 Å². The number of benzene rings is 1. The molecule has 0 unspecified atom stereocenters. The van der Waals surface area contributed by atoms with Crippen molar-refractivity contribution in [3.8, 4) is 0 Å². The molecule has 1 aromatic rings. The molecule has 1 aromatic carbocycles. The van der Waals surface area contributed by atoms with Crippen molar-refractivity contribution in [1.29, 1.82) is 0 Å². The van der Waals surface area contributed by atoms with E-state index in [0.717, 1.165) is 0 Å². The molecule has 0 aromatic heterocycles. The molecule has 3 N–H and O–H groups in total. The maximum absolute atomic E-state index is 10.3. The summed E-state index contributed by atoms with van der Waals surface area (Å²) in [5.74, 6) is -0.931. The molecule has 0 atom stereocenters. The van der Waals surface area contributed by atoms with Gasteiger partial charge in [-0.3, -0.25) is 0 Å². The molecule has 4 heteroatoms. The first kappa shape index (κ1) is 10.5. The van der Waals surface area contributed by atoms with Crippen LogP contribution in [0.25, 0.3) is 0 Å². The molecule has 0 aliphatic heterocycles. The van der Waals surface area contributed by atoms with E-state index in [9.17, 15) is 4.79 Å². The Hall–Kier alpha value is -0.510. The van der Waals surface area contributed by atoms with E-state index in [1.807, 2.05) is 0 Å². The Morgan fingerprint density at radius 2 is 1.73 bits per heavy atom. The van der Waals surface area contributed by atoms with Gasteiger partial charge in [0.1, 0.15) is 0 Å². The van der Waals surface area contributed by atoms with Crippen molar-refractivity contribution in [3.63, 3.8) is 0 Å².